The Morgan fingerprint density at radius 1 is 1.30 bits per heavy atom. The molecule has 0 radical (unpaired) electrons. The number of hydrogen-bond acceptors (Lipinski definition) is 3. The molecule has 1 aliphatic heterocycles. The number of anilines is 1. The van der Waals surface area contributed by atoms with Gasteiger partial charge in [-0.2, -0.15) is 0 Å². The molecule has 0 aromatic heterocycles. The first kappa shape index (κ1) is 17.9. The number of nitrogens with one attached hydrogen (secondary N) is 3. The molecule has 3 N–H and O–H groups in total. The maximum absolute atomic E-state index is 11.9. The van der Waals surface area contributed by atoms with E-state index < -0.39 is 0 Å². The van der Waals surface area contributed by atoms with Gasteiger partial charge < -0.3 is 16.0 Å². The van der Waals surface area contributed by atoms with Gasteiger partial charge in [-0.25, -0.2) is 0 Å². The van der Waals surface area contributed by atoms with E-state index in [0.29, 0.717) is 18.9 Å². The molecule has 0 bridgehead atoms. The van der Waals surface area contributed by atoms with E-state index in [9.17, 15) is 9.59 Å². The van der Waals surface area contributed by atoms with Crippen molar-refractivity contribution in [1.29, 1.82) is 0 Å². The minimum atomic E-state index is -0.0912. The van der Waals surface area contributed by atoms with E-state index in [1.165, 1.54) is 0 Å². The quantitative estimate of drug-likeness (QED) is 0.679. The van der Waals surface area contributed by atoms with E-state index in [1.54, 1.807) is 0 Å². The lowest BCUT2D eigenvalue weighted by atomic mass is 10.0. The van der Waals surface area contributed by atoms with Crippen LogP contribution in [-0.4, -0.2) is 31.4 Å². The van der Waals surface area contributed by atoms with Crippen LogP contribution >= 0.6 is 15.9 Å². The van der Waals surface area contributed by atoms with Gasteiger partial charge in [-0.05, 0) is 56.5 Å². The molecule has 0 saturated carbocycles. The molecular weight excluding hydrogens is 358 g/mol. The van der Waals surface area contributed by atoms with Gasteiger partial charge in [-0.1, -0.05) is 22.0 Å². The summed E-state index contributed by atoms with van der Waals surface area (Å²) in [6.45, 7) is 4.39. The van der Waals surface area contributed by atoms with Crippen molar-refractivity contribution in [3.8, 4) is 0 Å². The summed E-state index contributed by atoms with van der Waals surface area (Å²) in [6.07, 6.45) is 2.89. The number of hydrogen-bond donors (Lipinski definition) is 3. The predicted molar refractivity (Wildman–Crippen MR) is 95.3 cm³/mol. The maximum atomic E-state index is 11.9. The molecule has 0 spiro atoms. The minimum absolute atomic E-state index is 0.0309. The Labute approximate surface area is 145 Å². The van der Waals surface area contributed by atoms with Gasteiger partial charge in [-0.15, -0.1) is 0 Å². The van der Waals surface area contributed by atoms with Crippen molar-refractivity contribution < 1.29 is 9.59 Å². The van der Waals surface area contributed by atoms with Gasteiger partial charge >= 0.3 is 0 Å². The number of aryl methyl sites for hydroxylation is 1. The van der Waals surface area contributed by atoms with Crippen molar-refractivity contribution in [2.45, 2.75) is 32.6 Å². The highest BCUT2D eigenvalue weighted by Crippen LogP contribution is 2.20. The van der Waals surface area contributed by atoms with Crippen LogP contribution in [-0.2, 0) is 9.59 Å². The third kappa shape index (κ3) is 6.31. The van der Waals surface area contributed by atoms with E-state index in [2.05, 4.69) is 31.9 Å². The first-order chi connectivity index (χ1) is 11.0. The summed E-state index contributed by atoms with van der Waals surface area (Å²) >= 11 is 3.39. The number of benzene rings is 1. The van der Waals surface area contributed by atoms with Crippen LogP contribution in [0, 0.1) is 12.8 Å². The first-order valence-corrected chi connectivity index (χ1v) is 8.87. The number of halogens is 1. The van der Waals surface area contributed by atoms with Crippen LogP contribution in [0.4, 0.5) is 5.69 Å². The number of carbonyl (C=O) groups excluding carboxylic acids is 2. The Bertz CT molecular complexity index is 557. The zero-order valence-corrected chi connectivity index (χ0v) is 15.0. The fourth-order valence-electron chi connectivity index (χ4n) is 2.64. The van der Waals surface area contributed by atoms with E-state index in [0.717, 1.165) is 41.7 Å². The Balaban J connectivity index is 1.64. The predicted octanol–water partition coefficient (Wildman–Crippen LogP) is 2.59. The van der Waals surface area contributed by atoms with Crippen LogP contribution in [0.15, 0.2) is 22.7 Å². The average Bonchev–Trinajstić information content (AvgIpc) is 3.02. The topological polar surface area (TPSA) is 70.2 Å². The molecule has 1 unspecified atom stereocenters. The molecule has 1 saturated heterocycles. The molecule has 5 nitrogen and oxygen atoms in total. The Morgan fingerprint density at radius 3 is 2.87 bits per heavy atom. The molecule has 23 heavy (non-hydrogen) atoms. The Kier molecular flexibility index (Phi) is 7.05. The van der Waals surface area contributed by atoms with Crippen LogP contribution in [0.3, 0.4) is 0 Å². The van der Waals surface area contributed by atoms with Crippen LogP contribution in [0.25, 0.3) is 0 Å². The van der Waals surface area contributed by atoms with Crippen molar-refractivity contribution in [1.82, 2.24) is 10.6 Å². The van der Waals surface area contributed by atoms with Crippen molar-refractivity contribution in [3.63, 3.8) is 0 Å². The van der Waals surface area contributed by atoms with Gasteiger partial charge in [0.1, 0.15) is 0 Å². The van der Waals surface area contributed by atoms with Crippen LogP contribution in [0.2, 0.25) is 0 Å². The SMILES string of the molecule is Cc1ccc(Br)cc1NC(=O)CCNC(=O)CCC1CCNC1. The summed E-state index contributed by atoms with van der Waals surface area (Å²) in [5.41, 5.74) is 1.81. The molecule has 6 heteroatoms. The standard InChI is InChI=1S/C17H24BrN3O2/c1-12-2-4-14(18)10-15(12)21-17(23)7-9-20-16(22)5-3-13-6-8-19-11-13/h2,4,10,13,19H,3,5-9,11H2,1H3,(H,20,22)(H,21,23). The fraction of sp³-hybridized carbons (Fsp3) is 0.529. The normalized spacial score (nSPS) is 17.0. The second-order valence-corrected chi connectivity index (χ2v) is 6.92. The van der Waals surface area contributed by atoms with Gasteiger partial charge in [0.05, 0.1) is 0 Å². The average molecular weight is 382 g/mol. The monoisotopic (exact) mass is 381 g/mol. The van der Waals surface area contributed by atoms with Crippen molar-refractivity contribution in [3.05, 3.63) is 28.2 Å². The lowest BCUT2D eigenvalue weighted by Crippen LogP contribution is -2.28. The van der Waals surface area contributed by atoms with Gasteiger partial charge in [0, 0.05) is 29.5 Å². The van der Waals surface area contributed by atoms with Crippen molar-refractivity contribution in [2.75, 3.05) is 25.0 Å². The van der Waals surface area contributed by atoms with E-state index >= 15 is 0 Å². The van der Waals surface area contributed by atoms with E-state index in [1.807, 2.05) is 25.1 Å². The number of rotatable bonds is 7. The van der Waals surface area contributed by atoms with Gasteiger partial charge in [0.25, 0.3) is 0 Å². The third-order valence-electron chi connectivity index (χ3n) is 4.09. The highest BCUT2D eigenvalue weighted by molar-refractivity contribution is 9.10. The zero-order valence-electron chi connectivity index (χ0n) is 13.5. The summed E-state index contributed by atoms with van der Waals surface area (Å²) in [5, 5.41) is 8.99. The lowest BCUT2D eigenvalue weighted by Gasteiger charge is -2.10. The van der Waals surface area contributed by atoms with Crippen molar-refractivity contribution in [2.24, 2.45) is 5.92 Å². The largest absolute Gasteiger partial charge is 0.356 e. The van der Waals surface area contributed by atoms with E-state index in [4.69, 9.17) is 0 Å². The number of carbonyl (C=O) groups is 2. The highest BCUT2D eigenvalue weighted by Gasteiger charge is 2.15. The molecule has 1 atom stereocenters. The van der Waals surface area contributed by atoms with Gasteiger partial charge in [0.2, 0.25) is 11.8 Å². The summed E-state index contributed by atoms with van der Waals surface area (Å²) in [6, 6.07) is 5.76. The Morgan fingerprint density at radius 2 is 2.13 bits per heavy atom. The minimum Gasteiger partial charge on any atom is -0.356 e. The molecule has 1 aliphatic rings. The molecular formula is C17H24BrN3O2. The highest BCUT2D eigenvalue weighted by atomic mass is 79.9. The molecule has 1 fully saturated rings. The second kappa shape index (κ2) is 9.03. The summed E-state index contributed by atoms with van der Waals surface area (Å²) in [5.74, 6) is 0.554. The summed E-state index contributed by atoms with van der Waals surface area (Å²) < 4.78 is 0.924. The number of amides is 2. The molecule has 126 valence electrons. The lowest BCUT2D eigenvalue weighted by molar-refractivity contribution is -0.121. The van der Waals surface area contributed by atoms with Crippen LogP contribution in [0.5, 0.6) is 0 Å². The molecule has 1 aromatic rings. The smallest absolute Gasteiger partial charge is 0.226 e. The van der Waals surface area contributed by atoms with Crippen LogP contribution in [0.1, 0.15) is 31.2 Å². The second-order valence-electron chi connectivity index (χ2n) is 6.00. The molecule has 2 amide bonds. The van der Waals surface area contributed by atoms with Crippen LogP contribution < -0.4 is 16.0 Å². The molecule has 1 heterocycles. The zero-order chi connectivity index (χ0) is 16.7. The first-order valence-electron chi connectivity index (χ1n) is 8.08. The molecule has 0 aliphatic carbocycles. The van der Waals surface area contributed by atoms with Gasteiger partial charge in [-0.3, -0.25) is 9.59 Å². The molecule has 2 rings (SSSR count). The molecule has 1 aromatic carbocycles. The summed E-state index contributed by atoms with van der Waals surface area (Å²) in [7, 11) is 0. The van der Waals surface area contributed by atoms with Gasteiger partial charge in [0.15, 0.2) is 0 Å². The fourth-order valence-corrected chi connectivity index (χ4v) is 3.00. The Hall–Kier alpha value is -1.40. The van der Waals surface area contributed by atoms with Crippen molar-refractivity contribution >= 4 is 33.4 Å². The van der Waals surface area contributed by atoms with E-state index in [-0.39, 0.29) is 18.2 Å². The third-order valence-corrected chi connectivity index (χ3v) is 4.58. The maximum Gasteiger partial charge on any atom is 0.226 e. The summed E-state index contributed by atoms with van der Waals surface area (Å²) in [4.78, 5) is 23.7.